The molecule has 6 rings (SSSR count). The second-order valence-electron chi connectivity index (χ2n) is 8.79. The number of carbonyl (C=O) groups excluding carboxylic acids is 2. The standard InChI is InChI=1S/C28H22N4O7/c1-3-36-28(35)20-13-19-24(29-23-16(2)6-4-10-31(23)27(19)34)32(14-18-7-5-11-37-18)25(20)30-26(33)17-8-9-21-22(12-17)39-15-38-21/h4-13H,3,14-15H2,1-2H3. The first-order chi connectivity index (χ1) is 18.9. The van der Waals surface area contributed by atoms with Gasteiger partial charge in [0.15, 0.2) is 17.0 Å². The second kappa shape index (κ2) is 9.60. The summed E-state index contributed by atoms with van der Waals surface area (Å²) in [6.07, 6.45) is 3.11. The number of esters is 1. The molecule has 1 aliphatic rings. The quantitative estimate of drug-likeness (QED) is 0.252. The summed E-state index contributed by atoms with van der Waals surface area (Å²) in [7, 11) is 0. The molecule has 11 heteroatoms. The molecule has 0 saturated heterocycles. The summed E-state index contributed by atoms with van der Waals surface area (Å²) in [5.41, 5.74) is 1.19. The van der Waals surface area contributed by atoms with Gasteiger partial charge in [-0.15, -0.1) is 0 Å². The normalized spacial score (nSPS) is 12.8. The summed E-state index contributed by atoms with van der Waals surface area (Å²) < 4.78 is 24.5. The van der Waals surface area contributed by atoms with Crippen LogP contribution in [-0.4, -0.2) is 39.2 Å². The number of fused-ring (bicyclic) bond motifs is 3. The summed E-state index contributed by atoms with van der Waals surface area (Å²) in [6.45, 7) is 3.68. The smallest absolute Gasteiger partial charge is 0.341 e. The van der Waals surface area contributed by atoms with Crippen LogP contribution in [0.15, 0.2) is 75.2 Å². The number of rotatable bonds is 5. The van der Waals surface area contributed by atoms with Crippen LogP contribution in [0.25, 0.3) is 16.7 Å². The van der Waals surface area contributed by atoms with E-state index in [0.29, 0.717) is 22.9 Å². The molecular weight excluding hydrogens is 504 g/mol. The highest BCUT2D eigenvalue weighted by atomic mass is 16.7. The highest BCUT2D eigenvalue weighted by Gasteiger charge is 2.22. The summed E-state index contributed by atoms with van der Waals surface area (Å²) in [5, 5.41) is 0.155. The van der Waals surface area contributed by atoms with Gasteiger partial charge < -0.3 is 23.2 Å². The zero-order valence-corrected chi connectivity index (χ0v) is 21.0. The van der Waals surface area contributed by atoms with E-state index in [1.54, 1.807) is 43.5 Å². The number of aromatic nitrogens is 3. The van der Waals surface area contributed by atoms with Crippen molar-refractivity contribution in [2.75, 3.05) is 13.4 Å². The van der Waals surface area contributed by atoms with Gasteiger partial charge in [0.1, 0.15) is 22.6 Å². The van der Waals surface area contributed by atoms with Crippen LogP contribution in [0.1, 0.15) is 39.0 Å². The number of carbonyl (C=O) groups is 2. The van der Waals surface area contributed by atoms with Crippen LogP contribution < -0.4 is 20.5 Å². The molecule has 0 atom stereocenters. The minimum atomic E-state index is -0.737. The molecular formula is C28H22N4O7. The number of hydrogen-bond acceptors (Lipinski definition) is 8. The third-order valence-corrected chi connectivity index (χ3v) is 6.32. The van der Waals surface area contributed by atoms with E-state index in [-0.39, 0.29) is 53.2 Å². The fourth-order valence-corrected chi connectivity index (χ4v) is 4.47. The SMILES string of the molecule is CCOC(=O)c1cc2c(=O)n3cccc(C)c3nc2n(Cc2ccco2)c1=NC(=O)c1ccc2c(c1)OCO2. The van der Waals surface area contributed by atoms with Crippen LogP contribution in [0.4, 0.5) is 0 Å². The fourth-order valence-electron chi connectivity index (χ4n) is 4.47. The Balaban J connectivity index is 1.69. The van der Waals surface area contributed by atoms with Gasteiger partial charge in [-0.1, -0.05) is 6.07 Å². The average molecular weight is 527 g/mol. The van der Waals surface area contributed by atoms with Crippen molar-refractivity contribution in [3.8, 4) is 11.5 Å². The molecule has 1 amide bonds. The predicted octanol–water partition coefficient (Wildman–Crippen LogP) is 3.25. The highest BCUT2D eigenvalue weighted by molar-refractivity contribution is 5.97. The zero-order chi connectivity index (χ0) is 27.1. The first-order valence-electron chi connectivity index (χ1n) is 12.2. The van der Waals surface area contributed by atoms with Gasteiger partial charge in [0.2, 0.25) is 6.79 Å². The molecule has 0 spiro atoms. The van der Waals surface area contributed by atoms with Crippen molar-refractivity contribution in [1.29, 1.82) is 0 Å². The third kappa shape index (κ3) is 4.23. The molecule has 5 heterocycles. The van der Waals surface area contributed by atoms with E-state index in [4.69, 9.17) is 23.6 Å². The molecule has 0 unspecified atom stereocenters. The fraction of sp³-hybridized carbons (Fsp3) is 0.179. The third-order valence-electron chi connectivity index (χ3n) is 6.32. The Morgan fingerprint density at radius 1 is 1.08 bits per heavy atom. The van der Waals surface area contributed by atoms with E-state index in [1.807, 2.05) is 13.0 Å². The van der Waals surface area contributed by atoms with Gasteiger partial charge >= 0.3 is 5.97 Å². The van der Waals surface area contributed by atoms with E-state index in [1.165, 1.54) is 27.4 Å². The van der Waals surface area contributed by atoms with Crippen LogP contribution in [0.5, 0.6) is 11.5 Å². The second-order valence-corrected chi connectivity index (χ2v) is 8.79. The minimum Gasteiger partial charge on any atom is -0.467 e. The van der Waals surface area contributed by atoms with Crippen LogP contribution >= 0.6 is 0 Å². The van der Waals surface area contributed by atoms with Gasteiger partial charge in [-0.3, -0.25) is 14.0 Å². The maximum Gasteiger partial charge on any atom is 0.341 e. The topological polar surface area (TPSA) is 127 Å². The molecule has 1 aliphatic heterocycles. The molecule has 0 radical (unpaired) electrons. The Labute approximate surface area is 220 Å². The number of hydrogen-bond donors (Lipinski definition) is 0. The Bertz CT molecular complexity index is 1900. The number of aryl methyl sites for hydroxylation is 1. The largest absolute Gasteiger partial charge is 0.467 e. The average Bonchev–Trinajstić information content (AvgIpc) is 3.62. The van der Waals surface area contributed by atoms with Crippen LogP contribution in [0, 0.1) is 6.92 Å². The molecule has 11 nitrogen and oxygen atoms in total. The summed E-state index contributed by atoms with van der Waals surface area (Å²) >= 11 is 0. The van der Waals surface area contributed by atoms with Crippen LogP contribution in [0.3, 0.4) is 0 Å². The van der Waals surface area contributed by atoms with Gasteiger partial charge in [-0.25, -0.2) is 9.78 Å². The Hall–Kier alpha value is -5.19. The van der Waals surface area contributed by atoms with Crippen molar-refractivity contribution in [2.45, 2.75) is 20.4 Å². The minimum absolute atomic E-state index is 0.0233. The maximum absolute atomic E-state index is 13.6. The van der Waals surface area contributed by atoms with E-state index in [9.17, 15) is 14.4 Å². The molecule has 39 heavy (non-hydrogen) atoms. The number of ether oxygens (including phenoxy) is 3. The van der Waals surface area contributed by atoms with Gasteiger partial charge in [0, 0.05) is 11.8 Å². The first kappa shape index (κ1) is 24.2. The summed E-state index contributed by atoms with van der Waals surface area (Å²) in [5.74, 6) is 0.0595. The monoisotopic (exact) mass is 526 g/mol. The lowest BCUT2D eigenvalue weighted by Gasteiger charge is -2.15. The van der Waals surface area contributed by atoms with E-state index >= 15 is 0 Å². The molecule has 0 bridgehead atoms. The van der Waals surface area contributed by atoms with Gasteiger partial charge in [0.05, 0.1) is 24.8 Å². The number of amides is 1. The molecule has 0 aliphatic carbocycles. The zero-order valence-electron chi connectivity index (χ0n) is 21.0. The Morgan fingerprint density at radius 2 is 1.92 bits per heavy atom. The number of nitrogens with zero attached hydrogens (tertiary/aromatic N) is 4. The lowest BCUT2D eigenvalue weighted by molar-refractivity contribution is 0.0523. The van der Waals surface area contributed by atoms with Crippen molar-refractivity contribution in [2.24, 2.45) is 4.99 Å². The molecule has 1 aromatic carbocycles. The molecule has 0 N–H and O–H groups in total. The molecule has 5 aromatic rings. The molecule has 0 saturated carbocycles. The van der Waals surface area contributed by atoms with Crippen molar-refractivity contribution in [1.82, 2.24) is 14.0 Å². The maximum atomic E-state index is 13.6. The number of benzene rings is 1. The molecule has 196 valence electrons. The van der Waals surface area contributed by atoms with Crippen LogP contribution in [-0.2, 0) is 11.3 Å². The molecule has 0 fully saturated rings. The highest BCUT2D eigenvalue weighted by Crippen LogP contribution is 2.32. The summed E-state index contributed by atoms with van der Waals surface area (Å²) in [6, 6.07) is 13.1. The molecule has 4 aromatic heterocycles. The number of pyridine rings is 2. The van der Waals surface area contributed by atoms with Crippen molar-refractivity contribution in [3.05, 3.63) is 99.3 Å². The summed E-state index contributed by atoms with van der Waals surface area (Å²) in [4.78, 5) is 49.3. The van der Waals surface area contributed by atoms with E-state index < -0.39 is 11.9 Å². The van der Waals surface area contributed by atoms with Gasteiger partial charge in [0.25, 0.3) is 11.5 Å². The van der Waals surface area contributed by atoms with Crippen LogP contribution in [0.2, 0.25) is 0 Å². The van der Waals surface area contributed by atoms with Crippen molar-refractivity contribution in [3.63, 3.8) is 0 Å². The van der Waals surface area contributed by atoms with Gasteiger partial charge in [-0.2, -0.15) is 4.99 Å². The van der Waals surface area contributed by atoms with Crippen molar-refractivity contribution >= 4 is 28.6 Å². The van der Waals surface area contributed by atoms with E-state index in [2.05, 4.69) is 4.99 Å². The lowest BCUT2D eigenvalue weighted by atomic mass is 10.1. The van der Waals surface area contributed by atoms with Gasteiger partial charge in [-0.05, 0) is 61.9 Å². The first-order valence-corrected chi connectivity index (χ1v) is 12.2. The van der Waals surface area contributed by atoms with Crippen molar-refractivity contribution < 1.29 is 28.2 Å². The van der Waals surface area contributed by atoms with E-state index in [0.717, 1.165) is 5.56 Å². The number of furan rings is 1. The predicted molar refractivity (Wildman–Crippen MR) is 138 cm³/mol. The Kier molecular flexibility index (Phi) is 5.95. The lowest BCUT2D eigenvalue weighted by Crippen LogP contribution is -2.33. The Morgan fingerprint density at radius 3 is 2.72 bits per heavy atom.